The topological polar surface area (TPSA) is 9.86 Å². The third kappa shape index (κ3) is 5.76. The van der Waals surface area contributed by atoms with Gasteiger partial charge in [-0.3, -0.25) is 0 Å². The molecule has 1 aliphatic carbocycles. The average molecular weight is 903 g/mol. The molecule has 2 heterocycles. The second-order valence-corrected chi connectivity index (χ2v) is 20.0. The van der Waals surface area contributed by atoms with E-state index in [0.717, 1.165) is 11.4 Å². The number of hydrogen-bond acceptors (Lipinski definition) is 0. The largest absolute Gasteiger partial charge is 0.309 e. The van der Waals surface area contributed by atoms with Crippen molar-refractivity contribution in [2.75, 3.05) is 0 Å². The Bertz CT molecular complexity index is 4430. The Hall–Kier alpha value is -8.98. The van der Waals surface area contributed by atoms with Gasteiger partial charge >= 0.3 is 0 Å². The summed E-state index contributed by atoms with van der Waals surface area (Å²) in [5, 5.41) is 12.4. The zero-order valence-corrected chi connectivity index (χ0v) is 39.5. The quantitative estimate of drug-likeness (QED) is 0.152. The highest BCUT2D eigenvalue weighted by atomic mass is 15.0. The summed E-state index contributed by atoms with van der Waals surface area (Å²) in [4.78, 5) is 0. The minimum Gasteiger partial charge on any atom is -0.309 e. The lowest BCUT2D eigenvalue weighted by Crippen LogP contribution is -2.14. The lowest BCUT2D eigenvalue weighted by molar-refractivity contribution is 0.660. The molecule has 0 aliphatic heterocycles. The molecule has 0 radical (unpaired) electrons. The molecule has 12 aromatic carbocycles. The summed E-state index contributed by atoms with van der Waals surface area (Å²) >= 11 is 0. The van der Waals surface area contributed by atoms with Crippen LogP contribution in [-0.4, -0.2) is 9.13 Å². The summed E-state index contributed by atoms with van der Waals surface area (Å²) in [6.45, 7) is 4.70. The van der Waals surface area contributed by atoms with Gasteiger partial charge in [0.1, 0.15) is 0 Å². The number of rotatable bonds is 5. The minimum atomic E-state index is -0.0336. The van der Waals surface area contributed by atoms with E-state index in [0.29, 0.717) is 0 Å². The average Bonchev–Trinajstić information content (AvgIpc) is 4.03. The van der Waals surface area contributed by atoms with Gasteiger partial charge in [0.05, 0.1) is 22.1 Å². The van der Waals surface area contributed by atoms with Crippen LogP contribution in [0.3, 0.4) is 0 Å². The molecule has 0 spiro atoms. The summed E-state index contributed by atoms with van der Waals surface area (Å²) in [6.07, 6.45) is 0. The maximum absolute atomic E-state index is 2.47. The van der Waals surface area contributed by atoms with Crippen molar-refractivity contribution >= 4 is 75.9 Å². The Morgan fingerprint density at radius 2 is 0.704 bits per heavy atom. The second kappa shape index (κ2) is 15.0. The summed E-state index contributed by atoms with van der Waals surface area (Å²) in [5.41, 5.74) is 19.8. The fourth-order valence-corrected chi connectivity index (χ4v) is 12.7. The van der Waals surface area contributed by atoms with Crippen LogP contribution < -0.4 is 0 Å². The first-order valence-electron chi connectivity index (χ1n) is 24.8. The summed E-state index contributed by atoms with van der Waals surface area (Å²) in [7, 11) is 0. The Labute approximate surface area is 411 Å². The molecule has 15 rings (SSSR count). The summed E-state index contributed by atoms with van der Waals surface area (Å²) < 4.78 is 4.91. The molecule has 71 heavy (non-hydrogen) atoms. The molecule has 0 atom stereocenters. The molecule has 14 aromatic rings. The van der Waals surface area contributed by atoms with Crippen LogP contribution in [0.4, 0.5) is 0 Å². The number of benzene rings is 12. The third-order valence-electron chi connectivity index (χ3n) is 15.9. The molecular weight excluding hydrogens is 857 g/mol. The second-order valence-electron chi connectivity index (χ2n) is 20.0. The van der Waals surface area contributed by atoms with Gasteiger partial charge in [0, 0.05) is 38.3 Å². The number of aromatic nitrogens is 2. The van der Waals surface area contributed by atoms with Crippen LogP contribution >= 0.6 is 0 Å². The van der Waals surface area contributed by atoms with E-state index >= 15 is 0 Å². The maximum atomic E-state index is 2.47. The lowest BCUT2D eigenvalue weighted by atomic mass is 9.82. The van der Waals surface area contributed by atoms with Gasteiger partial charge in [-0.2, -0.15) is 0 Å². The van der Waals surface area contributed by atoms with E-state index in [1.165, 1.54) is 132 Å². The molecule has 1 aliphatic rings. The van der Waals surface area contributed by atoms with Crippen LogP contribution in [0.1, 0.15) is 25.0 Å². The predicted molar refractivity (Wildman–Crippen MR) is 302 cm³/mol. The van der Waals surface area contributed by atoms with Crippen molar-refractivity contribution in [1.29, 1.82) is 0 Å². The molecule has 0 fully saturated rings. The molecule has 0 amide bonds. The van der Waals surface area contributed by atoms with Crippen molar-refractivity contribution in [2.45, 2.75) is 19.3 Å². The molecule has 2 aromatic heterocycles. The van der Waals surface area contributed by atoms with Gasteiger partial charge in [-0.1, -0.05) is 202 Å². The van der Waals surface area contributed by atoms with Crippen molar-refractivity contribution in [1.82, 2.24) is 9.13 Å². The lowest BCUT2D eigenvalue weighted by Gasteiger charge is -2.22. The zero-order chi connectivity index (χ0) is 47.0. The molecule has 0 bridgehead atoms. The zero-order valence-electron chi connectivity index (χ0n) is 39.5. The van der Waals surface area contributed by atoms with Crippen molar-refractivity contribution in [2.24, 2.45) is 0 Å². The normalized spacial score (nSPS) is 13.0. The third-order valence-corrected chi connectivity index (χ3v) is 15.9. The van der Waals surface area contributed by atoms with Gasteiger partial charge in [0.15, 0.2) is 0 Å². The molecule has 0 N–H and O–H groups in total. The van der Waals surface area contributed by atoms with Crippen molar-refractivity contribution in [3.8, 4) is 55.9 Å². The first-order chi connectivity index (χ1) is 35.0. The van der Waals surface area contributed by atoms with Crippen LogP contribution in [0.15, 0.2) is 243 Å². The Morgan fingerprint density at radius 1 is 0.268 bits per heavy atom. The number of fused-ring (bicyclic) bond motifs is 12. The van der Waals surface area contributed by atoms with E-state index in [4.69, 9.17) is 0 Å². The number of para-hydroxylation sites is 4. The fourth-order valence-electron chi connectivity index (χ4n) is 12.7. The summed E-state index contributed by atoms with van der Waals surface area (Å²) in [6, 6.07) is 90.8. The minimum absolute atomic E-state index is 0.0336. The fraction of sp³-hybridized carbons (Fsp3) is 0.0435. The Kier molecular flexibility index (Phi) is 8.45. The first-order valence-corrected chi connectivity index (χ1v) is 24.8. The molecule has 2 heteroatoms. The number of nitrogens with zero attached hydrogens (tertiary/aromatic N) is 2. The van der Waals surface area contributed by atoms with E-state index < -0.39 is 0 Å². The molecule has 0 unspecified atom stereocenters. The van der Waals surface area contributed by atoms with Gasteiger partial charge in [0.2, 0.25) is 0 Å². The summed E-state index contributed by atoms with van der Waals surface area (Å²) in [5.74, 6) is 0. The highest BCUT2D eigenvalue weighted by Gasteiger charge is 2.35. The number of hydrogen-bond donors (Lipinski definition) is 0. The SMILES string of the molecule is CC1(C)c2ccccc2-c2cc(-c3ccc(-c4c5cc(-n6c7ccccc7c7ccccc76)ccc5c(-c5cccc6ccccc56)c5cc(-n6c7ccccc7c7ccccc76)ccc45)cc3)ccc21. The van der Waals surface area contributed by atoms with E-state index in [1.807, 2.05) is 0 Å². The van der Waals surface area contributed by atoms with E-state index in [-0.39, 0.29) is 5.41 Å². The Balaban J connectivity index is 1.03. The van der Waals surface area contributed by atoms with Crippen molar-refractivity contribution < 1.29 is 0 Å². The standard InChI is InChI=1S/C69H46N2/c1-69(2)61-25-10-5-19-50(61)58-40-46(34-39-62(58)69)43-30-32-45(33-31-43)67-56-37-35-48(71-65-28-13-8-22-53(65)54-23-9-14-29-66(54)71)42-60(56)68(55-24-15-17-44-16-3-4-18-49(44)55)57-38-36-47(41-59(57)67)70-63-26-11-6-20-51(63)52-21-7-12-27-64(52)70/h3-42H,1-2H3. The van der Waals surface area contributed by atoms with Gasteiger partial charge in [-0.25, -0.2) is 0 Å². The monoisotopic (exact) mass is 902 g/mol. The van der Waals surface area contributed by atoms with Gasteiger partial charge in [-0.15, -0.1) is 0 Å². The Morgan fingerprint density at radius 3 is 1.31 bits per heavy atom. The van der Waals surface area contributed by atoms with Gasteiger partial charge in [0.25, 0.3) is 0 Å². The molecular formula is C69H46N2. The van der Waals surface area contributed by atoms with Crippen LogP contribution in [0.5, 0.6) is 0 Å². The maximum Gasteiger partial charge on any atom is 0.0541 e. The molecule has 332 valence electrons. The van der Waals surface area contributed by atoms with Crippen LogP contribution in [0.2, 0.25) is 0 Å². The first kappa shape index (κ1) is 40.0. The van der Waals surface area contributed by atoms with E-state index in [1.54, 1.807) is 0 Å². The van der Waals surface area contributed by atoms with E-state index in [9.17, 15) is 0 Å². The van der Waals surface area contributed by atoms with Crippen molar-refractivity contribution in [3.63, 3.8) is 0 Å². The molecule has 2 nitrogen and oxygen atoms in total. The van der Waals surface area contributed by atoms with Crippen molar-refractivity contribution in [3.05, 3.63) is 254 Å². The van der Waals surface area contributed by atoms with Gasteiger partial charge in [-0.05, 0) is 143 Å². The van der Waals surface area contributed by atoms with Crippen LogP contribution in [0, 0.1) is 0 Å². The highest BCUT2D eigenvalue weighted by Crippen LogP contribution is 2.51. The molecule has 0 saturated carbocycles. The highest BCUT2D eigenvalue weighted by molar-refractivity contribution is 6.24. The van der Waals surface area contributed by atoms with E-state index in [2.05, 4.69) is 266 Å². The molecule has 0 saturated heterocycles. The van der Waals surface area contributed by atoms with Gasteiger partial charge < -0.3 is 9.13 Å². The smallest absolute Gasteiger partial charge is 0.0541 e. The predicted octanol–water partition coefficient (Wildman–Crippen LogP) is 18.6. The van der Waals surface area contributed by atoms with Crippen LogP contribution in [-0.2, 0) is 5.41 Å². The van der Waals surface area contributed by atoms with Crippen LogP contribution in [0.25, 0.3) is 132 Å².